The van der Waals surface area contributed by atoms with Crippen molar-refractivity contribution < 1.29 is 4.42 Å². The number of benzene rings is 5. The number of anilines is 2. The molecule has 7 rings (SSSR count). The second-order valence-electron chi connectivity index (χ2n) is 11.0. The molecule has 0 amide bonds. The van der Waals surface area contributed by atoms with E-state index in [1.807, 2.05) is 24.3 Å². The van der Waals surface area contributed by atoms with E-state index in [-0.39, 0.29) is 0 Å². The maximum atomic E-state index is 5.94. The maximum absolute atomic E-state index is 5.94. The van der Waals surface area contributed by atoms with Crippen molar-refractivity contribution in [1.82, 2.24) is 4.98 Å². The molecule has 0 N–H and O–H groups in total. The van der Waals surface area contributed by atoms with Crippen LogP contribution in [0.2, 0.25) is 0 Å². The summed E-state index contributed by atoms with van der Waals surface area (Å²) in [5.41, 5.74) is 13.8. The van der Waals surface area contributed by atoms with Crippen LogP contribution in [-0.2, 0) is 0 Å². The van der Waals surface area contributed by atoms with E-state index >= 15 is 0 Å². The van der Waals surface area contributed by atoms with Gasteiger partial charge in [-0.25, -0.2) is 4.98 Å². The Morgan fingerprint density at radius 1 is 0.548 bits per heavy atom. The molecule has 42 heavy (non-hydrogen) atoms. The first-order valence-corrected chi connectivity index (χ1v) is 14.5. The average Bonchev–Trinajstić information content (AvgIpc) is 3.48. The van der Waals surface area contributed by atoms with E-state index in [1.54, 1.807) is 0 Å². The molecule has 0 saturated heterocycles. The molecular weight excluding hydrogens is 512 g/mol. The molecule has 5 aromatic carbocycles. The maximum Gasteiger partial charge on any atom is 0.227 e. The molecule has 1 aromatic heterocycles. The van der Waals surface area contributed by atoms with Gasteiger partial charge in [0.2, 0.25) is 5.89 Å². The van der Waals surface area contributed by atoms with Crippen molar-refractivity contribution in [2.75, 3.05) is 4.90 Å². The summed E-state index contributed by atoms with van der Waals surface area (Å²) in [6.07, 6.45) is 6.65. The van der Waals surface area contributed by atoms with Gasteiger partial charge >= 0.3 is 0 Å². The van der Waals surface area contributed by atoms with Crippen molar-refractivity contribution in [2.45, 2.75) is 26.7 Å². The Balaban J connectivity index is 1.11. The van der Waals surface area contributed by atoms with Crippen LogP contribution < -0.4 is 4.90 Å². The molecule has 0 unspecified atom stereocenters. The highest BCUT2D eigenvalue weighted by Crippen LogP contribution is 2.36. The lowest BCUT2D eigenvalue weighted by molar-refractivity contribution is 0.620. The second-order valence-corrected chi connectivity index (χ2v) is 11.0. The van der Waals surface area contributed by atoms with Gasteiger partial charge in [0.15, 0.2) is 5.58 Å². The van der Waals surface area contributed by atoms with Gasteiger partial charge in [0, 0.05) is 22.6 Å². The standard InChI is InChI=1S/C39H32N2O/c1-27-7-21-34(22-8-27)41(35-23-9-28(2)10-24-35)36-25-19-32(20-26-36)30-13-11-29(12-14-30)31-15-17-33(18-16-31)39-40-37-5-3-4-6-38(37)42-39/h3-9,11-23,25-26H,10,24H2,1-2H3. The van der Waals surface area contributed by atoms with Crippen molar-refractivity contribution >= 4 is 22.5 Å². The van der Waals surface area contributed by atoms with E-state index in [9.17, 15) is 0 Å². The smallest absolute Gasteiger partial charge is 0.227 e. The van der Waals surface area contributed by atoms with E-state index in [2.05, 4.69) is 133 Å². The molecule has 1 aliphatic carbocycles. The Labute approximate surface area is 247 Å². The molecule has 204 valence electrons. The number of aromatic nitrogens is 1. The number of allylic oxidation sites excluding steroid dienone is 4. The van der Waals surface area contributed by atoms with Gasteiger partial charge in [-0.05, 0) is 104 Å². The third kappa shape index (κ3) is 5.17. The fourth-order valence-corrected chi connectivity index (χ4v) is 5.55. The molecular formula is C39H32N2O. The van der Waals surface area contributed by atoms with Crippen LogP contribution in [0, 0.1) is 6.92 Å². The van der Waals surface area contributed by atoms with E-state index in [1.165, 1.54) is 44.9 Å². The minimum Gasteiger partial charge on any atom is -0.436 e. The highest BCUT2D eigenvalue weighted by molar-refractivity contribution is 5.78. The van der Waals surface area contributed by atoms with Gasteiger partial charge in [-0.2, -0.15) is 0 Å². The summed E-state index contributed by atoms with van der Waals surface area (Å²) < 4.78 is 5.94. The van der Waals surface area contributed by atoms with Crippen LogP contribution >= 0.6 is 0 Å². The van der Waals surface area contributed by atoms with Gasteiger partial charge in [-0.1, -0.05) is 90.0 Å². The van der Waals surface area contributed by atoms with Gasteiger partial charge in [0.25, 0.3) is 0 Å². The van der Waals surface area contributed by atoms with Crippen molar-refractivity contribution in [1.29, 1.82) is 0 Å². The SMILES string of the molecule is CC1=CC=C(N(c2ccc(C)cc2)c2ccc(-c3ccc(-c4ccc(-c5nc6ccccc6o5)cc4)cc3)cc2)CC1. The molecule has 1 aliphatic rings. The molecule has 3 nitrogen and oxygen atoms in total. The molecule has 6 aromatic rings. The highest BCUT2D eigenvalue weighted by atomic mass is 16.3. The average molecular weight is 545 g/mol. The van der Waals surface area contributed by atoms with Gasteiger partial charge in [-0.3, -0.25) is 0 Å². The van der Waals surface area contributed by atoms with Gasteiger partial charge in [0.1, 0.15) is 5.52 Å². The first kappa shape index (κ1) is 25.8. The van der Waals surface area contributed by atoms with E-state index in [0.717, 1.165) is 35.1 Å². The summed E-state index contributed by atoms with van der Waals surface area (Å²) >= 11 is 0. The number of fused-ring (bicyclic) bond motifs is 1. The number of rotatable bonds is 6. The molecule has 1 heterocycles. The summed E-state index contributed by atoms with van der Waals surface area (Å²) in [7, 11) is 0. The zero-order chi connectivity index (χ0) is 28.5. The molecule has 0 atom stereocenters. The Morgan fingerprint density at radius 3 is 1.62 bits per heavy atom. The molecule has 3 heteroatoms. The van der Waals surface area contributed by atoms with Crippen LogP contribution in [0.25, 0.3) is 44.8 Å². The van der Waals surface area contributed by atoms with Gasteiger partial charge in [-0.15, -0.1) is 0 Å². The fourth-order valence-electron chi connectivity index (χ4n) is 5.55. The number of nitrogens with zero attached hydrogens (tertiary/aromatic N) is 2. The third-order valence-electron chi connectivity index (χ3n) is 8.02. The van der Waals surface area contributed by atoms with E-state index in [0.29, 0.717) is 5.89 Å². The Morgan fingerprint density at radius 2 is 1.07 bits per heavy atom. The van der Waals surface area contributed by atoms with Gasteiger partial charge < -0.3 is 9.32 Å². The molecule has 0 saturated carbocycles. The normalized spacial score (nSPS) is 13.1. The Kier molecular flexibility index (Phi) is 6.77. The van der Waals surface area contributed by atoms with Crippen molar-refractivity contribution in [2.24, 2.45) is 0 Å². The predicted octanol–water partition coefficient (Wildman–Crippen LogP) is 10.9. The summed E-state index contributed by atoms with van der Waals surface area (Å²) in [6.45, 7) is 4.34. The summed E-state index contributed by atoms with van der Waals surface area (Å²) in [4.78, 5) is 7.01. The van der Waals surface area contributed by atoms with Crippen LogP contribution in [-0.4, -0.2) is 4.98 Å². The van der Waals surface area contributed by atoms with Crippen LogP contribution in [0.15, 0.2) is 149 Å². The number of hydrogen-bond donors (Lipinski definition) is 0. The second kappa shape index (κ2) is 11.0. The zero-order valence-corrected chi connectivity index (χ0v) is 23.9. The molecule has 0 bridgehead atoms. The summed E-state index contributed by atoms with van der Waals surface area (Å²) in [5.74, 6) is 0.647. The summed E-state index contributed by atoms with van der Waals surface area (Å²) in [5, 5.41) is 0. The predicted molar refractivity (Wildman–Crippen MR) is 175 cm³/mol. The van der Waals surface area contributed by atoms with Crippen LogP contribution in [0.4, 0.5) is 11.4 Å². The highest BCUT2D eigenvalue weighted by Gasteiger charge is 2.17. The Hall–Kier alpha value is -5.15. The first-order chi connectivity index (χ1) is 20.6. The number of oxazole rings is 1. The number of para-hydroxylation sites is 2. The molecule has 0 spiro atoms. The van der Waals surface area contributed by atoms with Crippen LogP contribution in [0.5, 0.6) is 0 Å². The van der Waals surface area contributed by atoms with Crippen LogP contribution in [0.3, 0.4) is 0 Å². The Bertz CT molecular complexity index is 1870. The number of hydrogen-bond acceptors (Lipinski definition) is 3. The minimum atomic E-state index is 0.647. The van der Waals surface area contributed by atoms with Crippen LogP contribution in [0.1, 0.15) is 25.3 Å². The summed E-state index contributed by atoms with van der Waals surface area (Å²) in [6, 6.07) is 42.8. The minimum absolute atomic E-state index is 0.647. The number of aryl methyl sites for hydroxylation is 1. The molecule has 0 radical (unpaired) electrons. The largest absolute Gasteiger partial charge is 0.436 e. The zero-order valence-electron chi connectivity index (χ0n) is 23.9. The van der Waals surface area contributed by atoms with Crippen molar-refractivity contribution in [3.8, 4) is 33.7 Å². The fraction of sp³-hybridized carbons (Fsp3) is 0.103. The third-order valence-corrected chi connectivity index (χ3v) is 8.02. The molecule has 0 aliphatic heterocycles. The topological polar surface area (TPSA) is 29.3 Å². The first-order valence-electron chi connectivity index (χ1n) is 14.5. The lowest BCUT2D eigenvalue weighted by atomic mass is 9.99. The lowest BCUT2D eigenvalue weighted by Crippen LogP contribution is -2.17. The van der Waals surface area contributed by atoms with E-state index < -0.39 is 0 Å². The van der Waals surface area contributed by atoms with Crippen molar-refractivity contribution in [3.05, 3.63) is 150 Å². The quantitative estimate of drug-likeness (QED) is 0.209. The van der Waals surface area contributed by atoms with Crippen molar-refractivity contribution in [3.63, 3.8) is 0 Å². The van der Waals surface area contributed by atoms with E-state index in [4.69, 9.17) is 4.42 Å². The monoisotopic (exact) mass is 544 g/mol. The molecule has 0 fully saturated rings. The van der Waals surface area contributed by atoms with Gasteiger partial charge in [0.05, 0.1) is 0 Å². The lowest BCUT2D eigenvalue weighted by Gasteiger charge is -2.29.